The van der Waals surface area contributed by atoms with Crippen LogP contribution >= 0.6 is 46.3 Å². The maximum atomic E-state index is 12.6. The van der Waals surface area contributed by atoms with Crippen molar-refractivity contribution in [3.8, 4) is 28.4 Å². The summed E-state index contributed by atoms with van der Waals surface area (Å²) in [6.45, 7) is 4.31. The molecule has 2 aromatic carbocycles. The number of nitrogens with one attached hydrogen (secondary N) is 1. The maximum Gasteiger partial charge on any atom is 0.236 e. The Hall–Kier alpha value is -2.85. The van der Waals surface area contributed by atoms with Gasteiger partial charge >= 0.3 is 0 Å². The molecule has 34 heavy (non-hydrogen) atoms. The van der Waals surface area contributed by atoms with Crippen LogP contribution in [0.5, 0.6) is 5.75 Å². The lowest BCUT2D eigenvalue weighted by Gasteiger charge is -2.10. The SMILES string of the molecule is C=CCn1c(SCC(=O)Nc2nc(-c3ccc(Cl)cc3Cl)cs2)nnc1-c1ccccc1OC. The number of thioether (sulfide) groups is 1. The number of para-hydroxylation sites is 1. The summed E-state index contributed by atoms with van der Waals surface area (Å²) in [5, 5.41) is 15.4. The molecule has 0 fully saturated rings. The zero-order valence-corrected chi connectivity index (χ0v) is 21.1. The van der Waals surface area contributed by atoms with Gasteiger partial charge in [-0.25, -0.2) is 4.98 Å². The zero-order valence-electron chi connectivity index (χ0n) is 18.0. The van der Waals surface area contributed by atoms with Gasteiger partial charge in [0.25, 0.3) is 0 Å². The van der Waals surface area contributed by atoms with E-state index in [1.807, 2.05) is 34.2 Å². The highest BCUT2D eigenvalue weighted by atomic mass is 35.5. The molecule has 0 bridgehead atoms. The van der Waals surface area contributed by atoms with Gasteiger partial charge in [0, 0.05) is 22.5 Å². The quantitative estimate of drug-likeness (QED) is 0.201. The van der Waals surface area contributed by atoms with Crippen LogP contribution in [0, 0.1) is 0 Å². The van der Waals surface area contributed by atoms with E-state index in [4.69, 9.17) is 27.9 Å². The second-order valence-corrected chi connectivity index (χ2v) is 9.55. The molecule has 0 aliphatic carbocycles. The lowest BCUT2D eigenvalue weighted by molar-refractivity contribution is -0.113. The number of ether oxygens (including phenoxy) is 1. The molecule has 4 aromatic rings. The summed E-state index contributed by atoms with van der Waals surface area (Å²) < 4.78 is 7.35. The van der Waals surface area contributed by atoms with E-state index in [1.54, 1.807) is 31.4 Å². The van der Waals surface area contributed by atoms with Crippen LogP contribution in [0.15, 0.2) is 65.7 Å². The highest BCUT2D eigenvalue weighted by Gasteiger charge is 2.18. The Morgan fingerprint density at radius 3 is 2.82 bits per heavy atom. The number of hydrogen-bond donors (Lipinski definition) is 1. The Kier molecular flexibility index (Phi) is 7.89. The second-order valence-electron chi connectivity index (χ2n) is 6.90. The Morgan fingerprint density at radius 2 is 2.06 bits per heavy atom. The van der Waals surface area contributed by atoms with Crippen LogP contribution < -0.4 is 10.1 Å². The minimum absolute atomic E-state index is 0.137. The van der Waals surface area contributed by atoms with Crippen LogP contribution in [0.1, 0.15) is 0 Å². The van der Waals surface area contributed by atoms with Gasteiger partial charge in [-0.2, -0.15) is 0 Å². The van der Waals surface area contributed by atoms with Gasteiger partial charge in [-0.3, -0.25) is 9.36 Å². The number of carbonyl (C=O) groups is 1. The summed E-state index contributed by atoms with van der Waals surface area (Å²) in [6.07, 6.45) is 1.76. The largest absolute Gasteiger partial charge is 0.496 e. The fourth-order valence-electron chi connectivity index (χ4n) is 3.16. The molecule has 174 valence electrons. The number of allylic oxidation sites excluding steroid dienone is 1. The van der Waals surface area contributed by atoms with Crippen molar-refractivity contribution in [2.75, 3.05) is 18.2 Å². The zero-order chi connectivity index (χ0) is 24.1. The molecule has 0 spiro atoms. The number of methoxy groups -OCH3 is 1. The molecule has 1 amide bonds. The van der Waals surface area contributed by atoms with E-state index in [0.717, 1.165) is 11.1 Å². The van der Waals surface area contributed by atoms with E-state index in [9.17, 15) is 4.79 Å². The Balaban J connectivity index is 1.45. The second kappa shape index (κ2) is 11.1. The standard InChI is InChI=1S/C23H19Cl2N5O2S2/c1-3-10-30-21(16-6-4-5-7-19(16)32-2)28-29-23(30)34-13-20(31)27-22-26-18(12-33-22)15-9-8-14(24)11-17(15)25/h3-9,11-12H,1,10,13H2,2H3,(H,26,27,31). The molecular weight excluding hydrogens is 513 g/mol. The number of benzene rings is 2. The number of anilines is 1. The Labute approximate surface area is 214 Å². The monoisotopic (exact) mass is 531 g/mol. The summed E-state index contributed by atoms with van der Waals surface area (Å²) in [4.78, 5) is 17.0. The number of thiazole rings is 1. The normalized spacial score (nSPS) is 10.8. The molecule has 0 saturated heterocycles. The summed E-state index contributed by atoms with van der Waals surface area (Å²) >= 11 is 14.8. The molecular formula is C23H19Cl2N5O2S2. The topological polar surface area (TPSA) is 81.9 Å². The molecule has 1 N–H and O–H groups in total. The number of halogens is 2. The van der Waals surface area contributed by atoms with Crippen molar-refractivity contribution in [3.63, 3.8) is 0 Å². The van der Waals surface area contributed by atoms with E-state index in [2.05, 4.69) is 27.1 Å². The highest BCUT2D eigenvalue weighted by molar-refractivity contribution is 7.99. The third-order valence-corrected chi connectivity index (χ3v) is 6.94. The molecule has 0 aliphatic rings. The van der Waals surface area contributed by atoms with E-state index in [1.165, 1.54) is 23.1 Å². The number of aromatic nitrogens is 4. The van der Waals surface area contributed by atoms with E-state index in [0.29, 0.717) is 44.1 Å². The van der Waals surface area contributed by atoms with Gasteiger partial charge in [-0.1, -0.05) is 53.2 Å². The minimum Gasteiger partial charge on any atom is -0.496 e. The molecule has 2 aromatic heterocycles. The lowest BCUT2D eigenvalue weighted by atomic mass is 10.2. The van der Waals surface area contributed by atoms with E-state index in [-0.39, 0.29) is 11.7 Å². The summed E-state index contributed by atoms with van der Waals surface area (Å²) in [6, 6.07) is 12.8. The van der Waals surface area contributed by atoms with Crippen LogP contribution in [-0.2, 0) is 11.3 Å². The van der Waals surface area contributed by atoms with Gasteiger partial charge in [-0.15, -0.1) is 28.1 Å². The van der Waals surface area contributed by atoms with Crippen LogP contribution in [0.4, 0.5) is 5.13 Å². The Morgan fingerprint density at radius 1 is 1.24 bits per heavy atom. The number of nitrogens with zero attached hydrogens (tertiary/aromatic N) is 4. The molecule has 7 nitrogen and oxygen atoms in total. The number of amides is 1. The number of hydrogen-bond acceptors (Lipinski definition) is 7. The van der Waals surface area contributed by atoms with Gasteiger partial charge in [0.1, 0.15) is 5.75 Å². The summed E-state index contributed by atoms with van der Waals surface area (Å²) in [7, 11) is 1.61. The average molecular weight is 532 g/mol. The third-order valence-electron chi connectivity index (χ3n) is 4.67. The van der Waals surface area contributed by atoms with Crippen LogP contribution in [0.25, 0.3) is 22.6 Å². The lowest BCUT2D eigenvalue weighted by Crippen LogP contribution is -2.14. The van der Waals surface area contributed by atoms with Crippen molar-refractivity contribution >= 4 is 57.3 Å². The minimum atomic E-state index is -0.208. The van der Waals surface area contributed by atoms with Gasteiger partial charge in [-0.05, 0) is 30.3 Å². The third kappa shape index (κ3) is 5.44. The molecule has 0 radical (unpaired) electrons. The molecule has 4 rings (SSSR count). The first-order valence-electron chi connectivity index (χ1n) is 10.0. The fourth-order valence-corrected chi connectivity index (χ4v) is 5.14. The first kappa shape index (κ1) is 24.3. The summed E-state index contributed by atoms with van der Waals surface area (Å²) in [5.41, 5.74) is 2.23. The van der Waals surface area contributed by atoms with Gasteiger partial charge < -0.3 is 10.1 Å². The van der Waals surface area contributed by atoms with Crippen molar-refractivity contribution in [2.24, 2.45) is 0 Å². The first-order chi connectivity index (χ1) is 16.5. The highest BCUT2D eigenvalue weighted by Crippen LogP contribution is 2.33. The fraction of sp³-hybridized carbons (Fsp3) is 0.130. The van der Waals surface area contributed by atoms with E-state index < -0.39 is 0 Å². The molecule has 0 aliphatic heterocycles. The Bertz CT molecular complexity index is 1340. The van der Waals surface area contributed by atoms with Crippen LogP contribution in [0.2, 0.25) is 10.0 Å². The van der Waals surface area contributed by atoms with Crippen molar-refractivity contribution in [1.29, 1.82) is 0 Å². The van der Waals surface area contributed by atoms with Gasteiger partial charge in [0.15, 0.2) is 16.1 Å². The van der Waals surface area contributed by atoms with Gasteiger partial charge in [0.2, 0.25) is 5.91 Å². The van der Waals surface area contributed by atoms with Crippen LogP contribution in [0.3, 0.4) is 0 Å². The van der Waals surface area contributed by atoms with Crippen molar-refractivity contribution in [2.45, 2.75) is 11.7 Å². The van der Waals surface area contributed by atoms with Gasteiger partial charge in [0.05, 0.1) is 29.1 Å². The molecule has 11 heteroatoms. The molecule has 2 heterocycles. The molecule has 0 saturated carbocycles. The predicted molar refractivity (Wildman–Crippen MR) is 139 cm³/mol. The number of rotatable bonds is 9. The predicted octanol–water partition coefficient (Wildman–Crippen LogP) is 6.30. The number of carbonyl (C=O) groups excluding carboxylic acids is 1. The molecule has 0 atom stereocenters. The average Bonchev–Trinajstić information content (AvgIpc) is 3.45. The van der Waals surface area contributed by atoms with Crippen molar-refractivity contribution < 1.29 is 9.53 Å². The maximum absolute atomic E-state index is 12.6. The molecule has 0 unspecified atom stereocenters. The smallest absolute Gasteiger partial charge is 0.236 e. The first-order valence-corrected chi connectivity index (χ1v) is 12.6. The summed E-state index contributed by atoms with van der Waals surface area (Å²) in [5.74, 6) is 1.26. The van der Waals surface area contributed by atoms with Crippen molar-refractivity contribution in [1.82, 2.24) is 19.7 Å². The van der Waals surface area contributed by atoms with E-state index >= 15 is 0 Å². The van der Waals surface area contributed by atoms with Crippen LogP contribution in [-0.4, -0.2) is 38.5 Å². The van der Waals surface area contributed by atoms with Crippen molar-refractivity contribution in [3.05, 3.63) is 70.5 Å².